The van der Waals surface area contributed by atoms with Crippen LogP contribution >= 0.6 is 10.7 Å². The lowest BCUT2D eigenvalue weighted by Crippen LogP contribution is -2.09. The van der Waals surface area contributed by atoms with E-state index in [1.807, 2.05) is 49.3 Å². The van der Waals surface area contributed by atoms with Crippen LogP contribution in [0.25, 0.3) is 10.8 Å². The zero-order valence-electron chi connectivity index (χ0n) is 14.0. The molecule has 0 aliphatic carbocycles. The molecule has 0 aromatic heterocycles. The summed E-state index contributed by atoms with van der Waals surface area (Å²) >= 11 is 0. The Morgan fingerprint density at radius 3 is 1.80 bits per heavy atom. The fourth-order valence-corrected chi connectivity index (χ4v) is 3.46. The zero-order chi connectivity index (χ0) is 18.6. The van der Waals surface area contributed by atoms with E-state index in [-0.39, 0.29) is 4.90 Å². The van der Waals surface area contributed by atoms with Gasteiger partial charge in [-0.3, -0.25) is 0 Å². The minimum atomic E-state index is -3.72. The van der Waals surface area contributed by atoms with Gasteiger partial charge in [0.1, 0.15) is 0 Å². The lowest BCUT2D eigenvalue weighted by Gasteiger charge is -2.16. The topological polar surface area (TPSA) is 89.4 Å². The van der Waals surface area contributed by atoms with Crippen LogP contribution in [0, 0.1) is 0 Å². The molecule has 0 radical (unpaired) electrons. The number of fused-ring (bicyclic) bond motifs is 1. The van der Waals surface area contributed by atoms with Gasteiger partial charge in [0.25, 0.3) is 9.05 Å². The first-order chi connectivity index (χ1) is 11.7. The van der Waals surface area contributed by atoms with Gasteiger partial charge in [0.15, 0.2) is 0 Å². The van der Waals surface area contributed by atoms with E-state index in [4.69, 9.17) is 22.1 Å². The van der Waals surface area contributed by atoms with Crippen molar-refractivity contribution >= 4 is 47.6 Å². The number of rotatable bonds is 2. The smallest absolute Gasteiger partial charge is 0.261 e. The predicted octanol–water partition coefficient (Wildman–Crippen LogP) is 3.68. The molecule has 0 saturated carbocycles. The van der Waals surface area contributed by atoms with Crippen LogP contribution < -0.4 is 16.4 Å². The van der Waals surface area contributed by atoms with Gasteiger partial charge < -0.3 is 16.4 Å². The molecule has 7 heteroatoms. The summed E-state index contributed by atoms with van der Waals surface area (Å²) in [4.78, 5) is 2.09. The van der Waals surface area contributed by atoms with Crippen molar-refractivity contribution in [1.82, 2.24) is 0 Å². The van der Waals surface area contributed by atoms with Crippen molar-refractivity contribution in [3.8, 4) is 0 Å². The third kappa shape index (κ3) is 4.55. The third-order valence-electron chi connectivity index (χ3n) is 3.60. The molecule has 3 aromatic rings. The number of benzene rings is 3. The molecule has 0 spiro atoms. The zero-order valence-corrected chi connectivity index (χ0v) is 15.6. The van der Waals surface area contributed by atoms with Crippen LogP contribution in [-0.4, -0.2) is 22.5 Å². The fourth-order valence-electron chi connectivity index (χ4n) is 2.38. The predicted molar refractivity (Wildman–Crippen MR) is 107 cm³/mol. The maximum Gasteiger partial charge on any atom is 0.261 e. The average molecular weight is 378 g/mol. The van der Waals surface area contributed by atoms with Crippen molar-refractivity contribution in [3.05, 3.63) is 60.7 Å². The first-order valence-corrected chi connectivity index (χ1v) is 9.76. The van der Waals surface area contributed by atoms with Crippen LogP contribution in [0.15, 0.2) is 65.6 Å². The summed E-state index contributed by atoms with van der Waals surface area (Å²) in [5.74, 6) is 0. The molecule has 132 valence electrons. The Labute approximate surface area is 152 Å². The van der Waals surface area contributed by atoms with Crippen molar-refractivity contribution in [3.63, 3.8) is 0 Å². The fraction of sp³-hybridized carbons (Fsp3) is 0.111. The molecule has 0 atom stereocenters. The minimum Gasteiger partial charge on any atom is -0.397 e. The Kier molecular flexibility index (Phi) is 5.77. The van der Waals surface area contributed by atoms with Crippen molar-refractivity contribution < 1.29 is 8.42 Å². The molecule has 0 heterocycles. The second-order valence-electron chi connectivity index (χ2n) is 5.59. The number of para-hydroxylation sites is 2. The van der Waals surface area contributed by atoms with Crippen molar-refractivity contribution in [2.75, 3.05) is 30.5 Å². The van der Waals surface area contributed by atoms with Crippen LogP contribution in [0.1, 0.15) is 0 Å². The highest BCUT2D eigenvalue weighted by atomic mass is 35.7. The number of anilines is 3. The minimum absolute atomic E-state index is 0.153. The van der Waals surface area contributed by atoms with E-state index in [1.165, 1.54) is 6.07 Å². The first-order valence-electron chi connectivity index (χ1n) is 7.45. The highest BCUT2D eigenvalue weighted by Gasteiger charge is 2.15. The number of hydrogen-bond donors (Lipinski definition) is 2. The van der Waals surface area contributed by atoms with E-state index in [2.05, 4.69) is 0 Å². The summed E-state index contributed by atoms with van der Waals surface area (Å²) in [5.41, 5.74) is 13.0. The monoisotopic (exact) mass is 377 g/mol. The van der Waals surface area contributed by atoms with Crippen molar-refractivity contribution in [1.29, 1.82) is 0 Å². The van der Waals surface area contributed by atoms with Gasteiger partial charge in [-0.1, -0.05) is 36.4 Å². The van der Waals surface area contributed by atoms with Crippen LogP contribution in [0.5, 0.6) is 0 Å². The quantitative estimate of drug-likeness (QED) is 0.525. The Bertz CT molecular complexity index is 968. The molecule has 25 heavy (non-hydrogen) atoms. The number of hydrogen-bond acceptors (Lipinski definition) is 5. The molecule has 3 rings (SSSR count). The van der Waals surface area contributed by atoms with Gasteiger partial charge in [0.05, 0.1) is 16.3 Å². The Hall–Kier alpha value is -2.44. The first kappa shape index (κ1) is 18.9. The summed E-state index contributed by atoms with van der Waals surface area (Å²) in [5, 5.41) is 1.52. The van der Waals surface area contributed by atoms with Gasteiger partial charge in [0, 0.05) is 41.2 Å². The molecular weight excluding hydrogens is 358 g/mol. The summed E-state index contributed by atoms with van der Waals surface area (Å²) in [7, 11) is 5.54. The van der Waals surface area contributed by atoms with Crippen LogP contribution in [0.3, 0.4) is 0 Å². The summed E-state index contributed by atoms with van der Waals surface area (Å²) in [6, 6.07) is 17.9. The lowest BCUT2D eigenvalue weighted by molar-refractivity contribution is 0.610. The number of nitrogen functional groups attached to an aromatic ring is 2. The molecule has 5 nitrogen and oxygen atoms in total. The van der Waals surface area contributed by atoms with Crippen LogP contribution in [-0.2, 0) is 9.05 Å². The summed E-state index contributed by atoms with van der Waals surface area (Å²) in [6.45, 7) is 0. The van der Waals surface area contributed by atoms with Gasteiger partial charge in [-0.15, -0.1) is 0 Å². The highest BCUT2D eigenvalue weighted by molar-refractivity contribution is 8.14. The maximum absolute atomic E-state index is 11.5. The van der Waals surface area contributed by atoms with Gasteiger partial charge >= 0.3 is 0 Å². The number of halogens is 1. The molecule has 4 N–H and O–H groups in total. The van der Waals surface area contributed by atoms with Crippen molar-refractivity contribution in [2.24, 2.45) is 0 Å². The number of nitrogens with zero attached hydrogens (tertiary/aromatic N) is 1. The largest absolute Gasteiger partial charge is 0.397 e. The van der Waals surface area contributed by atoms with Gasteiger partial charge in [-0.2, -0.15) is 0 Å². The maximum atomic E-state index is 11.5. The molecule has 0 bridgehead atoms. The standard InChI is InChI=1S/C12H12ClNO2S.C6H8N2/c1-14(2)11-7-3-6-10-9(11)5-4-8-12(10)17(13,15)16;7-5-3-1-2-4-6(5)8/h3-8H,1-2H3;1-4H,7-8H2. The van der Waals surface area contributed by atoms with E-state index < -0.39 is 9.05 Å². The molecule has 0 saturated heterocycles. The molecule has 0 fully saturated rings. The molecule has 0 aliphatic rings. The molecule has 3 aromatic carbocycles. The molecule has 0 aliphatic heterocycles. The summed E-state index contributed by atoms with van der Waals surface area (Å²) < 4.78 is 23.0. The van der Waals surface area contributed by atoms with E-state index in [1.54, 1.807) is 24.3 Å². The lowest BCUT2D eigenvalue weighted by atomic mass is 10.1. The number of nitrogens with two attached hydrogens (primary N) is 2. The van der Waals surface area contributed by atoms with Crippen molar-refractivity contribution in [2.45, 2.75) is 4.90 Å². The normalized spacial score (nSPS) is 10.8. The van der Waals surface area contributed by atoms with E-state index in [9.17, 15) is 8.42 Å². The van der Waals surface area contributed by atoms with Crippen LogP contribution in [0.2, 0.25) is 0 Å². The second kappa shape index (κ2) is 7.63. The average Bonchev–Trinajstić information content (AvgIpc) is 2.56. The Morgan fingerprint density at radius 1 is 0.800 bits per heavy atom. The Morgan fingerprint density at radius 2 is 1.32 bits per heavy atom. The van der Waals surface area contributed by atoms with Gasteiger partial charge in [-0.25, -0.2) is 8.42 Å². The van der Waals surface area contributed by atoms with E-state index in [0.29, 0.717) is 16.8 Å². The van der Waals surface area contributed by atoms with Gasteiger partial charge in [-0.05, 0) is 24.3 Å². The Balaban J connectivity index is 0.000000236. The van der Waals surface area contributed by atoms with E-state index in [0.717, 1.165) is 11.1 Å². The van der Waals surface area contributed by atoms with Crippen LogP contribution in [0.4, 0.5) is 17.1 Å². The highest BCUT2D eigenvalue weighted by Crippen LogP contribution is 2.31. The third-order valence-corrected chi connectivity index (χ3v) is 4.98. The summed E-state index contributed by atoms with van der Waals surface area (Å²) in [6.07, 6.45) is 0. The second-order valence-corrected chi connectivity index (χ2v) is 8.12. The SMILES string of the molecule is CN(C)c1cccc2c(S(=O)(=O)Cl)cccc12.Nc1ccccc1N. The van der Waals surface area contributed by atoms with Gasteiger partial charge in [0.2, 0.25) is 0 Å². The molecule has 0 unspecified atom stereocenters. The molecule has 0 amide bonds. The van der Waals surface area contributed by atoms with E-state index >= 15 is 0 Å². The molecular formula is C18H20ClN3O2S.